The minimum absolute atomic E-state index is 0.181. The van der Waals surface area contributed by atoms with Crippen molar-refractivity contribution in [1.82, 2.24) is 24.1 Å². The SMILES string of the molecule is O=c1c2ccccc2nc(-c2ccc(-c3nccn3C3CCOCC3)cc2)n1-c1ccc(Cl)cn1. The van der Waals surface area contributed by atoms with Gasteiger partial charge in [-0.15, -0.1) is 0 Å². The van der Waals surface area contributed by atoms with E-state index in [0.717, 1.165) is 43.0 Å². The quantitative estimate of drug-likeness (QED) is 0.346. The topological polar surface area (TPSA) is 74.8 Å². The van der Waals surface area contributed by atoms with Gasteiger partial charge < -0.3 is 9.30 Å². The molecule has 6 rings (SSSR count). The average molecular weight is 484 g/mol. The molecule has 1 aliphatic heterocycles. The second kappa shape index (κ2) is 9.09. The Balaban J connectivity index is 1.46. The molecule has 174 valence electrons. The molecule has 0 radical (unpaired) electrons. The van der Waals surface area contributed by atoms with Crippen LogP contribution in [0.25, 0.3) is 39.5 Å². The maximum atomic E-state index is 13.5. The maximum Gasteiger partial charge on any atom is 0.267 e. The van der Waals surface area contributed by atoms with Gasteiger partial charge in [-0.3, -0.25) is 4.79 Å². The van der Waals surface area contributed by atoms with E-state index < -0.39 is 0 Å². The number of halogens is 1. The van der Waals surface area contributed by atoms with Gasteiger partial charge in [0, 0.05) is 49.0 Å². The van der Waals surface area contributed by atoms with Gasteiger partial charge in [0.2, 0.25) is 0 Å². The molecule has 5 aromatic rings. The first-order chi connectivity index (χ1) is 17.2. The fourth-order valence-electron chi connectivity index (χ4n) is 4.60. The Bertz CT molecular complexity index is 1550. The third-order valence-corrected chi connectivity index (χ3v) is 6.59. The first-order valence-corrected chi connectivity index (χ1v) is 11.9. The zero-order valence-corrected chi connectivity index (χ0v) is 19.6. The highest BCUT2D eigenvalue weighted by atomic mass is 35.5. The highest BCUT2D eigenvalue weighted by molar-refractivity contribution is 6.30. The van der Waals surface area contributed by atoms with Crippen LogP contribution in [0.5, 0.6) is 0 Å². The van der Waals surface area contributed by atoms with Crippen molar-refractivity contribution >= 4 is 22.5 Å². The normalized spacial score (nSPS) is 14.4. The lowest BCUT2D eigenvalue weighted by Gasteiger charge is -2.25. The number of pyridine rings is 1. The fourth-order valence-corrected chi connectivity index (χ4v) is 4.71. The molecule has 2 aromatic carbocycles. The van der Waals surface area contributed by atoms with Gasteiger partial charge in [0.25, 0.3) is 5.56 Å². The van der Waals surface area contributed by atoms with E-state index in [1.165, 1.54) is 10.8 Å². The Labute approximate surface area is 206 Å². The molecule has 0 amide bonds. The molecule has 0 N–H and O–H groups in total. The summed E-state index contributed by atoms with van der Waals surface area (Å²) in [6, 6.07) is 19.1. The Hall–Kier alpha value is -3.81. The average Bonchev–Trinajstić information content (AvgIpc) is 3.40. The molecule has 3 aromatic heterocycles. The van der Waals surface area contributed by atoms with Crippen molar-refractivity contribution < 1.29 is 4.74 Å². The lowest BCUT2D eigenvalue weighted by molar-refractivity contribution is 0.0700. The van der Waals surface area contributed by atoms with Gasteiger partial charge in [0.1, 0.15) is 17.5 Å². The largest absolute Gasteiger partial charge is 0.381 e. The summed E-state index contributed by atoms with van der Waals surface area (Å²) in [6.45, 7) is 1.54. The van der Waals surface area contributed by atoms with Gasteiger partial charge in [-0.1, -0.05) is 48.0 Å². The van der Waals surface area contributed by atoms with Crippen LogP contribution in [0.3, 0.4) is 0 Å². The van der Waals surface area contributed by atoms with Crippen molar-refractivity contribution in [3.05, 3.63) is 94.6 Å². The molecule has 1 aliphatic rings. The van der Waals surface area contributed by atoms with Crippen LogP contribution in [0.15, 0.2) is 84.0 Å². The number of benzene rings is 2. The predicted octanol–water partition coefficient (Wildman–Crippen LogP) is 5.32. The molecular weight excluding hydrogens is 462 g/mol. The van der Waals surface area contributed by atoms with Gasteiger partial charge >= 0.3 is 0 Å². The molecule has 0 saturated carbocycles. The molecule has 0 unspecified atom stereocenters. The van der Waals surface area contributed by atoms with Crippen molar-refractivity contribution in [2.45, 2.75) is 18.9 Å². The van der Waals surface area contributed by atoms with Crippen molar-refractivity contribution in [1.29, 1.82) is 0 Å². The van der Waals surface area contributed by atoms with Gasteiger partial charge in [-0.25, -0.2) is 19.5 Å². The Morgan fingerprint density at radius 2 is 1.63 bits per heavy atom. The lowest BCUT2D eigenvalue weighted by Crippen LogP contribution is -2.22. The molecule has 0 spiro atoms. The molecular formula is C27H22ClN5O2. The van der Waals surface area contributed by atoms with Gasteiger partial charge in [-0.05, 0) is 37.1 Å². The summed E-state index contributed by atoms with van der Waals surface area (Å²) in [4.78, 5) is 27.4. The van der Waals surface area contributed by atoms with Crippen molar-refractivity contribution in [2.75, 3.05) is 13.2 Å². The Kier molecular flexibility index (Phi) is 5.64. The van der Waals surface area contributed by atoms with Crippen LogP contribution < -0.4 is 5.56 Å². The van der Waals surface area contributed by atoms with E-state index in [1.54, 1.807) is 18.2 Å². The molecule has 35 heavy (non-hydrogen) atoms. The number of para-hydroxylation sites is 1. The van der Waals surface area contributed by atoms with E-state index in [4.69, 9.17) is 21.3 Å². The molecule has 0 atom stereocenters. The predicted molar refractivity (Wildman–Crippen MR) is 136 cm³/mol. The number of fused-ring (bicyclic) bond motifs is 1. The number of aromatic nitrogens is 5. The first-order valence-electron chi connectivity index (χ1n) is 11.5. The monoisotopic (exact) mass is 483 g/mol. The van der Waals surface area contributed by atoms with Crippen LogP contribution in [0, 0.1) is 0 Å². The third kappa shape index (κ3) is 4.03. The van der Waals surface area contributed by atoms with E-state index in [-0.39, 0.29) is 5.56 Å². The highest BCUT2D eigenvalue weighted by Crippen LogP contribution is 2.29. The second-order valence-corrected chi connectivity index (χ2v) is 8.94. The van der Waals surface area contributed by atoms with Crippen molar-refractivity contribution in [3.8, 4) is 28.6 Å². The summed E-state index contributed by atoms with van der Waals surface area (Å²) in [6.07, 6.45) is 7.36. The Morgan fingerprint density at radius 1 is 0.886 bits per heavy atom. The van der Waals surface area contributed by atoms with Crippen LogP contribution in [0.2, 0.25) is 5.02 Å². The summed E-state index contributed by atoms with van der Waals surface area (Å²) in [7, 11) is 0. The zero-order valence-electron chi connectivity index (χ0n) is 18.8. The number of rotatable bonds is 4. The summed E-state index contributed by atoms with van der Waals surface area (Å²) in [5.41, 5.74) is 2.26. The molecule has 0 bridgehead atoms. The van der Waals surface area contributed by atoms with Crippen LogP contribution in [0.1, 0.15) is 18.9 Å². The van der Waals surface area contributed by atoms with Crippen molar-refractivity contribution in [3.63, 3.8) is 0 Å². The second-order valence-electron chi connectivity index (χ2n) is 8.51. The molecule has 0 aliphatic carbocycles. The van der Waals surface area contributed by atoms with E-state index in [1.807, 2.05) is 54.9 Å². The van der Waals surface area contributed by atoms with E-state index in [9.17, 15) is 4.79 Å². The maximum absolute atomic E-state index is 13.5. The van der Waals surface area contributed by atoms with Gasteiger partial charge in [0.05, 0.1) is 15.9 Å². The van der Waals surface area contributed by atoms with E-state index in [2.05, 4.69) is 14.5 Å². The fraction of sp³-hybridized carbons (Fsp3) is 0.185. The molecule has 1 saturated heterocycles. The third-order valence-electron chi connectivity index (χ3n) is 6.37. The highest BCUT2D eigenvalue weighted by Gasteiger charge is 2.20. The van der Waals surface area contributed by atoms with Crippen LogP contribution in [-0.2, 0) is 4.74 Å². The number of imidazole rings is 1. The molecule has 8 heteroatoms. The Morgan fingerprint density at radius 3 is 2.37 bits per heavy atom. The lowest BCUT2D eigenvalue weighted by atomic mass is 10.1. The molecule has 7 nitrogen and oxygen atoms in total. The van der Waals surface area contributed by atoms with Crippen LogP contribution in [-0.4, -0.2) is 37.3 Å². The van der Waals surface area contributed by atoms with Crippen molar-refractivity contribution in [2.24, 2.45) is 0 Å². The minimum Gasteiger partial charge on any atom is -0.381 e. The van der Waals surface area contributed by atoms with E-state index in [0.29, 0.717) is 33.6 Å². The number of ether oxygens (including phenoxy) is 1. The smallest absolute Gasteiger partial charge is 0.267 e. The summed E-state index contributed by atoms with van der Waals surface area (Å²) >= 11 is 6.05. The molecule has 4 heterocycles. The number of hydrogen-bond donors (Lipinski definition) is 0. The summed E-state index contributed by atoms with van der Waals surface area (Å²) in [5.74, 6) is 1.90. The van der Waals surface area contributed by atoms with Gasteiger partial charge in [0.15, 0.2) is 0 Å². The van der Waals surface area contributed by atoms with Crippen LogP contribution >= 0.6 is 11.6 Å². The first kappa shape index (κ1) is 21.7. The summed E-state index contributed by atoms with van der Waals surface area (Å²) in [5, 5.41) is 1.03. The standard InChI is InChI=1S/C27H22ClN5O2/c28-20-9-10-24(30-17-20)33-26(31-23-4-2-1-3-22(23)27(33)34)19-7-5-18(6-8-19)25-29-13-14-32(25)21-11-15-35-16-12-21/h1-10,13-14,17,21H,11-12,15-16H2. The number of nitrogens with zero attached hydrogens (tertiary/aromatic N) is 5. The van der Waals surface area contributed by atoms with E-state index >= 15 is 0 Å². The van der Waals surface area contributed by atoms with Gasteiger partial charge in [-0.2, -0.15) is 0 Å². The summed E-state index contributed by atoms with van der Waals surface area (Å²) < 4.78 is 9.30. The molecule has 1 fully saturated rings. The van der Waals surface area contributed by atoms with Crippen LogP contribution in [0.4, 0.5) is 0 Å². The zero-order chi connectivity index (χ0) is 23.8. The number of hydrogen-bond acceptors (Lipinski definition) is 5. The minimum atomic E-state index is -0.181.